The van der Waals surface area contributed by atoms with Crippen LogP contribution in [0.4, 0.5) is 13.2 Å². The minimum Gasteiger partial charge on any atom is -0.478 e. The summed E-state index contributed by atoms with van der Waals surface area (Å²) in [7, 11) is 1.71. The van der Waals surface area contributed by atoms with E-state index in [9.17, 15) is 18.0 Å². The summed E-state index contributed by atoms with van der Waals surface area (Å²) in [5.41, 5.74) is -1.96. The van der Waals surface area contributed by atoms with Crippen LogP contribution in [-0.4, -0.2) is 25.8 Å². The van der Waals surface area contributed by atoms with Crippen molar-refractivity contribution in [2.45, 2.75) is 23.2 Å². The van der Waals surface area contributed by atoms with Crippen LogP contribution in [0.2, 0.25) is 0 Å². The van der Waals surface area contributed by atoms with Crippen molar-refractivity contribution in [2.75, 3.05) is 0 Å². The minimum atomic E-state index is -4.71. The highest BCUT2D eigenvalue weighted by atomic mass is 32.2. The fourth-order valence-electron chi connectivity index (χ4n) is 1.59. The van der Waals surface area contributed by atoms with Crippen molar-refractivity contribution in [1.29, 1.82) is 0 Å². The van der Waals surface area contributed by atoms with Gasteiger partial charge in [-0.15, -0.1) is 10.2 Å². The van der Waals surface area contributed by atoms with Gasteiger partial charge in [0.1, 0.15) is 5.82 Å². The smallest absolute Gasteiger partial charge is 0.417 e. The number of nitrogens with zero attached hydrogens (tertiary/aromatic N) is 3. The Hall–Kier alpha value is -2.03. The highest BCUT2D eigenvalue weighted by molar-refractivity contribution is 7.99. The maximum atomic E-state index is 12.7. The van der Waals surface area contributed by atoms with E-state index in [1.54, 1.807) is 18.5 Å². The average molecular weight is 317 g/mol. The van der Waals surface area contributed by atoms with Gasteiger partial charge >= 0.3 is 12.1 Å². The molecular formula is C12H10F3N3O2S. The van der Waals surface area contributed by atoms with E-state index in [-0.39, 0.29) is 0 Å². The van der Waals surface area contributed by atoms with E-state index in [4.69, 9.17) is 5.11 Å². The number of rotatable bonds is 3. The Morgan fingerprint density at radius 1 is 1.33 bits per heavy atom. The molecule has 2 aromatic rings. The van der Waals surface area contributed by atoms with Crippen LogP contribution in [0.5, 0.6) is 0 Å². The number of aryl methyl sites for hydroxylation is 1. The molecule has 0 saturated heterocycles. The molecule has 0 unspecified atom stereocenters. The molecule has 1 aromatic heterocycles. The number of hydrogen-bond donors (Lipinski definition) is 1. The lowest BCUT2D eigenvalue weighted by molar-refractivity contribution is -0.138. The van der Waals surface area contributed by atoms with Crippen LogP contribution < -0.4 is 0 Å². The first-order chi connectivity index (χ1) is 9.70. The second-order valence-corrected chi connectivity index (χ2v) is 5.24. The number of hydrogen-bond acceptors (Lipinski definition) is 4. The van der Waals surface area contributed by atoms with Gasteiger partial charge in [-0.05, 0) is 36.9 Å². The van der Waals surface area contributed by atoms with Crippen molar-refractivity contribution in [2.24, 2.45) is 7.05 Å². The van der Waals surface area contributed by atoms with E-state index < -0.39 is 23.3 Å². The van der Waals surface area contributed by atoms with Crippen molar-refractivity contribution in [3.05, 3.63) is 35.2 Å². The van der Waals surface area contributed by atoms with Crippen LogP contribution in [0, 0.1) is 6.92 Å². The summed E-state index contributed by atoms with van der Waals surface area (Å²) in [5.74, 6) is -0.984. The van der Waals surface area contributed by atoms with Crippen LogP contribution in [0.15, 0.2) is 28.3 Å². The van der Waals surface area contributed by atoms with Gasteiger partial charge in [0.25, 0.3) is 0 Å². The van der Waals surface area contributed by atoms with Crippen LogP contribution >= 0.6 is 11.8 Å². The third-order valence-corrected chi connectivity index (χ3v) is 3.82. The van der Waals surface area contributed by atoms with Gasteiger partial charge in [0.05, 0.1) is 11.1 Å². The van der Waals surface area contributed by atoms with Gasteiger partial charge in [0, 0.05) is 11.9 Å². The van der Waals surface area contributed by atoms with Gasteiger partial charge < -0.3 is 9.67 Å². The second-order valence-electron chi connectivity index (χ2n) is 4.20. The number of halogens is 3. The SMILES string of the molecule is Cc1nnc(Sc2ccc(C(F)(F)F)c(C(=O)O)c2)n1C. The summed E-state index contributed by atoms with van der Waals surface area (Å²) < 4.78 is 39.9. The molecule has 1 heterocycles. The molecule has 0 aliphatic rings. The molecule has 0 atom stereocenters. The molecule has 0 radical (unpaired) electrons. The van der Waals surface area contributed by atoms with Gasteiger partial charge in [0.15, 0.2) is 5.16 Å². The standard InChI is InChI=1S/C12H10F3N3O2S/c1-6-16-17-11(18(6)2)21-7-3-4-9(12(13,14)15)8(5-7)10(19)20/h3-5H,1-2H3,(H,19,20). The Balaban J connectivity index is 2.41. The van der Waals surface area contributed by atoms with Crippen molar-refractivity contribution < 1.29 is 23.1 Å². The van der Waals surface area contributed by atoms with Crippen LogP contribution in [0.3, 0.4) is 0 Å². The maximum Gasteiger partial charge on any atom is 0.417 e. The largest absolute Gasteiger partial charge is 0.478 e. The maximum absolute atomic E-state index is 12.7. The molecular weight excluding hydrogens is 307 g/mol. The van der Waals surface area contributed by atoms with Crippen molar-refractivity contribution in [3.63, 3.8) is 0 Å². The Bertz CT molecular complexity index is 698. The van der Waals surface area contributed by atoms with Gasteiger partial charge in [-0.25, -0.2) is 4.79 Å². The lowest BCUT2D eigenvalue weighted by Gasteiger charge is -2.11. The topological polar surface area (TPSA) is 68.0 Å². The number of alkyl halides is 3. The first-order valence-corrected chi connectivity index (χ1v) is 6.50. The lowest BCUT2D eigenvalue weighted by Crippen LogP contribution is -2.12. The monoisotopic (exact) mass is 317 g/mol. The van der Waals surface area contributed by atoms with Gasteiger partial charge in [-0.3, -0.25) is 0 Å². The predicted molar refractivity (Wildman–Crippen MR) is 68.3 cm³/mol. The summed E-state index contributed by atoms with van der Waals surface area (Å²) in [4.78, 5) is 11.3. The highest BCUT2D eigenvalue weighted by Gasteiger charge is 2.35. The lowest BCUT2D eigenvalue weighted by atomic mass is 10.1. The molecule has 0 spiro atoms. The summed E-state index contributed by atoms with van der Waals surface area (Å²) >= 11 is 1.04. The molecule has 0 aliphatic heterocycles. The van der Waals surface area contributed by atoms with E-state index in [1.165, 1.54) is 6.07 Å². The molecule has 1 N–H and O–H groups in total. The zero-order valence-electron chi connectivity index (χ0n) is 11.0. The van der Waals surface area contributed by atoms with E-state index in [0.29, 0.717) is 15.9 Å². The molecule has 0 fully saturated rings. The van der Waals surface area contributed by atoms with E-state index >= 15 is 0 Å². The number of benzene rings is 1. The van der Waals surface area contributed by atoms with Crippen LogP contribution in [0.1, 0.15) is 21.7 Å². The third-order valence-electron chi connectivity index (χ3n) is 2.79. The Morgan fingerprint density at radius 2 is 2.00 bits per heavy atom. The predicted octanol–water partition coefficient (Wildman–Crippen LogP) is 2.99. The van der Waals surface area contributed by atoms with Crippen molar-refractivity contribution >= 4 is 17.7 Å². The number of aromatic nitrogens is 3. The highest BCUT2D eigenvalue weighted by Crippen LogP contribution is 2.35. The Morgan fingerprint density at radius 3 is 2.48 bits per heavy atom. The van der Waals surface area contributed by atoms with E-state index in [0.717, 1.165) is 23.9 Å². The summed E-state index contributed by atoms with van der Waals surface area (Å²) in [6, 6.07) is 2.96. The van der Waals surface area contributed by atoms with Crippen LogP contribution in [0.25, 0.3) is 0 Å². The normalized spacial score (nSPS) is 11.7. The molecule has 2 rings (SSSR count). The fraction of sp³-hybridized carbons (Fsp3) is 0.250. The first-order valence-electron chi connectivity index (χ1n) is 5.68. The number of aromatic carboxylic acids is 1. The van der Waals surface area contributed by atoms with Gasteiger partial charge in [-0.1, -0.05) is 0 Å². The van der Waals surface area contributed by atoms with Crippen LogP contribution in [-0.2, 0) is 13.2 Å². The molecule has 9 heteroatoms. The Labute approximate surface area is 121 Å². The van der Waals surface area contributed by atoms with E-state index in [2.05, 4.69) is 10.2 Å². The number of carboxylic acids is 1. The molecule has 0 aliphatic carbocycles. The zero-order chi connectivity index (χ0) is 15.8. The second kappa shape index (κ2) is 5.40. The fourth-order valence-corrected chi connectivity index (χ4v) is 2.47. The van der Waals surface area contributed by atoms with Crippen molar-refractivity contribution in [3.8, 4) is 0 Å². The molecule has 1 aromatic carbocycles. The summed E-state index contributed by atoms with van der Waals surface area (Å²) in [6.45, 7) is 1.73. The minimum absolute atomic E-state index is 0.343. The number of carbonyl (C=O) groups is 1. The van der Waals surface area contributed by atoms with Gasteiger partial charge in [0.2, 0.25) is 0 Å². The molecule has 0 amide bonds. The van der Waals surface area contributed by atoms with Gasteiger partial charge in [-0.2, -0.15) is 13.2 Å². The average Bonchev–Trinajstić information content (AvgIpc) is 2.69. The molecule has 0 bridgehead atoms. The Kier molecular flexibility index (Phi) is 3.95. The third kappa shape index (κ3) is 3.18. The molecule has 21 heavy (non-hydrogen) atoms. The summed E-state index contributed by atoms with van der Waals surface area (Å²) in [6.07, 6.45) is -4.71. The quantitative estimate of drug-likeness (QED) is 0.942. The first kappa shape index (κ1) is 15.4. The number of carboxylic acid groups (broad SMARTS) is 1. The van der Waals surface area contributed by atoms with Crippen molar-refractivity contribution in [1.82, 2.24) is 14.8 Å². The molecule has 112 valence electrons. The molecule has 0 saturated carbocycles. The van der Waals surface area contributed by atoms with E-state index in [1.807, 2.05) is 0 Å². The molecule has 5 nitrogen and oxygen atoms in total. The zero-order valence-corrected chi connectivity index (χ0v) is 11.8. The summed E-state index contributed by atoms with van der Waals surface area (Å²) in [5, 5.41) is 17.1.